The second kappa shape index (κ2) is 14.6. The van der Waals surface area contributed by atoms with Crippen LogP contribution in [0, 0.1) is 5.92 Å². The number of hydrogen-bond donors (Lipinski definition) is 0. The Morgan fingerprint density at radius 3 is 1.80 bits per heavy atom. The van der Waals surface area contributed by atoms with Crippen molar-refractivity contribution >= 4 is 38.8 Å². The number of carbonyl (C=O) groups is 3. The van der Waals surface area contributed by atoms with Crippen LogP contribution >= 0.6 is 11.6 Å². The van der Waals surface area contributed by atoms with Crippen LogP contribution in [0.3, 0.4) is 0 Å². The third kappa shape index (κ3) is 7.99. The lowest BCUT2D eigenvalue weighted by Gasteiger charge is -2.32. The van der Waals surface area contributed by atoms with Crippen LogP contribution in [0.2, 0.25) is 5.02 Å². The summed E-state index contributed by atoms with van der Waals surface area (Å²) in [6.07, 6.45) is -8.41. The van der Waals surface area contributed by atoms with E-state index in [1.807, 2.05) is 0 Å². The summed E-state index contributed by atoms with van der Waals surface area (Å²) in [7, 11) is -4.06. The molecule has 1 aliphatic carbocycles. The predicted octanol–water partition coefficient (Wildman–Crippen LogP) is 5.33. The SMILES string of the molecule is CS(=O)(=O)c1ccc(C(=O)C2C(=O)C(OCc3ccccc3)CC(OCc3ccccc3)C2=O)c(Cl)c1COC(F)C(F)F. The van der Waals surface area contributed by atoms with Gasteiger partial charge in [-0.25, -0.2) is 21.6 Å². The first-order valence-corrected chi connectivity index (χ1v) is 15.6. The number of sulfone groups is 1. The molecule has 0 aromatic heterocycles. The third-order valence-electron chi connectivity index (χ3n) is 6.93. The lowest BCUT2D eigenvalue weighted by atomic mass is 9.78. The number of ketones is 3. The van der Waals surface area contributed by atoms with Gasteiger partial charge in [-0.1, -0.05) is 72.3 Å². The fraction of sp³-hybridized carbons (Fsp3) is 0.323. The molecule has 3 atom stereocenters. The molecule has 234 valence electrons. The minimum Gasteiger partial charge on any atom is -0.366 e. The normalized spacial score (nSPS) is 19.7. The molecule has 3 aromatic carbocycles. The quantitative estimate of drug-likeness (QED) is 0.180. The Morgan fingerprint density at radius 2 is 1.34 bits per heavy atom. The molecule has 0 radical (unpaired) electrons. The van der Waals surface area contributed by atoms with E-state index in [1.165, 1.54) is 0 Å². The maximum atomic E-state index is 13.8. The van der Waals surface area contributed by atoms with Crippen LogP contribution in [0.5, 0.6) is 0 Å². The first-order valence-electron chi connectivity index (χ1n) is 13.4. The molecular weight excluding hydrogens is 625 g/mol. The molecule has 1 fully saturated rings. The lowest BCUT2D eigenvalue weighted by molar-refractivity contribution is -0.156. The Morgan fingerprint density at radius 1 is 0.841 bits per heavy atom. The Kier molecular flexibility index (Phi) is 11.1. The van der Waals surface area contributed by atoms with Crippen molar-refractivity contribution in [1.29, 1.82) is 0 Å². The fourth-order valence-electron chi connectivity index (χ4n) is 4.71. The summed E-state index contributed by atoms with van der Waals surface area (Å²) >= 11 is 6.39. The van der Waals surface area contributed by atoms with Crippen LogP contribution in [0.4, 0.5) is 13.2 Å². The molecule has 0 N–H and O–H groups in total. The van der Waals surface area contributed by atoms with E-state index in [9.17, 15) is 36.0 Å². The zero-order valence-corrected chi connectivity index (χ0v) is 24.9. The summed E-state index contributed by atoms with van der Waals surface area (Å²) in [6.45, 7) is -1.04. The molecule has 3 unspecified atom stereocenters. The zero-order chi connectivity index (χ0) is 32.0. The minimum atomic E-state index is -4.06. The van der Waals surface area contributed by atoms with Crippen LogP contribution in [0.15, 0.2) is 77.7 Å². The molecule has 0 aliphatic heterocycles. The summed E-state index contributed by atoms with van der Waals surface area (Å²) in [4.78, 5) is 40.5. The summed E-state index contributed by atoms with van der Waals surface area (Å²) in [5, 5.41) is -0.589. The van der Waals surface area contributed by atoms with Crippen molar-refractivity contribution < 1.29 is 50.2 Å². The summed E-state index contributed by atoms with van der Waals surface area (Å²) in [6, 6.07) is 19.7. The van der Waals surface area contributed by atoms with Gasteiger partial charge < -0.3 is 14.2 Å². The van der Waals surface area contributed by atoms with Gasteiger partial charge >= 0.3 is 0 Å². The van der Waals surface area contributed by atoms with Gasteiger partial charge in [0.15, 0.2) is 27.2 Å². The predicted molar refractivity (Wildman–Crippen MR) is 153 cm³/mol. The summed E-state index contributed by atoms with van der Waals surface area (Å²) < 4.78 is 79.9. The Balaban J connectivity index is 1.67. The van der Waals surface area contributed by atoms with E-state index in [2.05, 4.69) is 4.74 Å². The number of hydrogen-bond acceptors (Lipinski definition) is 8. The van der Waals surface area contributed by atoms with Gasteiger partial charge in [-0.05, 0) is 23.3 Å². The molecular formula is C31H28ClF3O8S. The highest BCUT2D eigenvalue weighted by molar-refractivity contribution is 7.90. The number of ether oxygens (including phenoxy) is 3. The van der Waals surface area contributed by atoms with E-state index in [1.54, 1.807) is 60.7 Å². The van der Waals surface area contributed by atoms with Gasteiger partial charge in [0.1, 0.15) is 18.1 Å². The van der Waals surface area contributed by atoms with Crippen molar-refractivity contribution in [3.63, 3.8) is 0 Å². The Hall–Kier alpha value is -3.42. The molecule has 1 saturated carbocycles. The Labute approximate surface area is 257 Å². The largest absolute Gasteiger partial charge is 0.366 e. The molecule has 0 saturated heterocycles. The molecule has 0 spiro atoms. The average molecular weight is 653 g/mol. The van der Waals surface area contributed by atoms with Gasteiger partial charge in [0.25, 0.3) is 12.8 Å². The van der Waals surface area contributed by atoms with Crippen molar-refractivity contribution in [2.45, 2.75) is 56.1 Å². The number of alkyl halides is 3. The highest BCUT2D eigenvalue weighted by atomic mass is 35.5. The summed E-state index contributed by atoms with van der Waals surface area (Å²) in [5.74, 6) is -4.72. The van der Waals surface area contributed by atoms with Crippen molar-refractivity contribution in [3.05, 3.63) is 100 Å². The smallest absolute Gasteiger partial charge is 0.293 e. The lowest BCUT2D eigenvalue weighted by Crippen LogP contribution is -2.51. The molecule has 4 rings (SSSR count). The van der Waals surface area contributed by atoms with E-state index >= 15 is 0 Å². The number of Topliss-reactive ketones (excluding diaryl/α,β-unsaturated/α-hetero) is 3. The van der Waals surface area contributed by atoms with Crippen LogP contribution in [0.1, 0.15) is 33.5 Å². The standard InChI is InChI=1S/C31H28ClF3O8S/c1-44(39,40)24-13-12-20(26(32)21(24)17-43-31(35)30(33)34)27(36)25-28(37)22(41-15-18-8-4-2-5-9-18)14-23(29(25)38)42-16-19-10-6-3-7-11-19/h2-13,22-23,25,30-31H,14-17H2,1H3. The van der Waals surface area contributed by atoms with Gasteiger partial charge in [0.2, 0.25) is 0 Å². The summed E-state index contributed by atoms with van der Waals surface area (Å²) in [5.41, 5.74) is 0.539. The van der Waals surface area contributed by atoms with Crippen molar-refractivity contribution in [3.8, 4) is 0 Å². The van der Waals surface area contributed by atoms with Crippen molar-refractivity contribution in [2.75, 3.05) is 6.26 Å². The second-order valence-corrected chi connectivity index (χ2v) is 12.4. The van der Waals surface area contributed by atoms with Crippen LogP contribution in [-0.4, -0.2) is 57.0 Å². The van der Waals surface area contributed by atoms with Gasteiger partial charge in [0, 0.05) is 23.8 Å². The maximum Gasteiger partial charge on any atom is 0.293 e. The highest BCUT2D eigenvalue weighted by Gasteiger charge is 2.48. The van der Waals surface area contributed by atoms with Crippen LogP contribution in [-0.2, 0) is 53.5 Å². The Bertz CT molecular complexity index is 1540. The number of carbonyl (C=O) groups excluding carboxylic acids is 3. The van der Waals surface area contributed by atoms with Gasteiger partial charge in [-0.2, -0.15) is 0 Å². The van der Waals surface area contributed by atoms with E-state index in [-0.39, 0.29) is 19.6 Å². The van der Waals surface area contributed by atoms with Gasteiger partial charge in [-0.3, -0.25) is 14.4 Å². The molecule has 0 bridgehead atoms. The van der Waals surface area contributed by atoms with Crippen LogP contribution < -0.4 is 0 Å². The zero-order valence-electron chi connectivity index (χ0n) is 23.3. The monoisotopic (exact) mass is 652 g/mol. The molecule has 3 aromatic rings. The van der Waals surface area contributed by atoms with Gasteiger partial charge in [0.05, 0.1) is 29.7 Å². The molecule has 0 heterocycles. The van der Waals surface area contributed by atoms with Gasteiger partial charge in [-0.15, -0.1) is 0 Å². The highest BCUT2D eigenvalue weighted by Crippen LogP contribution is 2.34. The fourth-order valence-corrected chi connectivity index (χ4v) is 6.00. The topological polar surface area (TPSA) is 113 Å². The second-order valence-electron chi connectivity index (χ2n) is 10.1. The number of benzene rings is 3. The molecule has 13 heteroatoms. The first-order chi connectivity index (χ1) is 20.9. The maximum absolute atomic E-state index is 13.8. The number of rotatable bonds is 13. The molecule has 0 amide bonds. The number of halogens is 4. The first kappa shape index (κ1) is 33.5. The van der Waals surface area contributed by atoms with E-state index in [0.29, 0.717) is 0 Å². The van der Waals surface area contributed by atoms with E-state index in [4.69, 9.17) is 21.1 Å². The molecule has 1 aliphatic rings. The average Bonchev–Trinajstić information content (AvgIpc) is 2.99. The van der Waals surface area contributed by atoms with E-state index in [0.717, 1.165) is 29.5 Å². The molecule has 8 nitrogen and oxygen atoms in total. The third-order valence-corrected chi connectivity index (χ3v) is 8.55. The van der Waals surface area contributed by atoms with Crippen molar-refractivity contribution in [1.82, 2.24) is 0 Å². The van der Waals surface area contributed by atoms with Crippen LogP contribution in [0.25, 0.3) is 0 Å². The molecule has 44 heavy (non-hydrogen) atoms. The minimum absolute atomic E-state index is 0.00239. The van der Waals surface area contributed by atoms with Crippen molar-refractivity contribution in [2.24, 2.45) is 5.92 Å². The van der Waals surface area contributed by atoms with E-state index < -0.39 is 85.7 Å².